The molecule has 13 N–H and O–H groups in total. The minimum absolute atomic E-state index is 0.0170. The average molecular weight is 826 g/mol. The number of hydrogen-bond acceptors (Lipinski definition) is 10. The number of aliphatic hydroxyl groups excluding tert-OH is 1. The minimum atomic E-state index is -1.61. The van der Waals surface area contributed by atoms with Gasteiger partial charge in [0.1, 0.15) is 36.3 Å². The molecule has 0 aromatic heterocycles. The number of rotatable bonds is 27. The fourth-order valence-electron chi connectivity index (χ4n) is 5.66. The van der Waals surface area contributed by atoms with Gasteiger partial charge < -0.3 is 59.1 Å². The fraction of sp³-hybridized carbons (Fsp3) is 0.763. The van der Waals surface area contributed by atoms with Crippen LogP contribution in [0.3, 0.4) is 0 Å². The van der Waals surface area contributed by atoms with Crippen LogP contribution in [0.4, 0.5) is 0 Å². The zero-order valence-corrected chi connectivity index (χ0v) is 36.0. The molecular weight excluding hydrogens is 754 g/mol. The maximum atomic E-state index is 13.9. The Hall–Kier alpha value is -5.01. The maximum Gasteiger partial charge on any atom is 0.245 e. The molecule has 8 amide bonds. The second kappa shape index (κ2) is 27.6. The van der Waals surface area contributed by atoms with Crippen molar-refractivity contribution >= 4 is 53.2 Å². The number of amides is 8. The Morgan fingerprint density at radius 1 is 0.586 bits per heavy atom. The predicted octanol–water partition coefficient (Wildman–Crippen LogP) is -1.85. The number of nitrogens with zero attached hydrogens (tertiary/aromatic N) is 1. The van der Waals surface area contributed by atoms with Gasteiger partial charge in [0.15, 0.2) is 5.96 Å². The molecule has 0 aromatic rings. The van der Waals surface area contributed by atoms with E-state index in [1.165, 1.54) is 13.8 Å². The molecule has 0 aromatic carbocycles. The first kappa shape index (κ1) is 53.0. The van der Waals surface area contributed by atoms with Gasteiger partial charge in [-0.05, 0) is 50.9 Å². The molecule has 0 bridgehead atoms. The van der Waals surface area contributed by atoms with Crippen LogP contribution >= 0.6 is 0 Å². The molecule has 0 aliphatic rings. The van der Waals surface area contributed by atoms with Gasteiger partial charge in [-0.15, -0.1) is 0 Å². The van der Waals surface area contributed by atoms with E-state index in [9.17, 15) is 43.5 Å². The summed E-state index contributed by atoms with van der Waals surface area (Å²) in [7, 11) is 0. The molecule has 0 spiro atoms. The Balaban J connectivity index is 6.43. The molecule has 0 aliphatic heterocycles. The van der Waals surface area contributed by atoms with Crippen molar-refractivity contribution in [3.05, 3.63) is 0 Å². The third kappa shape index (κ3) is 19.4. The zero-order chi connectivity index (χ0) is 44.7. The van der Waals surface area contributed by atoms with Crippen LogP contribution in [-0.2, 0) is 38.4 Å². The Bertz CT molecular complexity index is 1410. The summed E-state index contributed by atoms with van der Waals surface area (Å²) in [6.07, 6.45) is 0.569. The highest BCUT2D eigenvalue weighted by Gasteiger charge is 2.37. The van der Waals surface area contributed by atoms with Crippen LogP contribution in [0, 0.1) is 17.8 Å². The van der Waals surface area contributed by atoms with Crippen molar-refractivity contribution in [2.75, 3.05) is 19.6 Å². The molecule has 0 fully saturated rings. The van der Waals surface area contributed by atoms with Crippen LogP contribution < -0.4 is 54.0 Å². The summed E-state index contributed by atoms with van der Waals surface area (Å²) in [4.78, 5) is 109. The summed E-state index contributed by atoms with van der Waals surface area (Å²) in [6.45, 7) is 16.7. The summed E-state index contributed by atoms with van der Waals surface area (Å²) in [5.74, 6) is -6.65. The maximum absolute atomic E-state index is 13.9. The summed E-state index contributed by atoms with van der Waals surface area (Å²) in [5.41, 5.74) is 10.9. The Morgan fingerprint density at radius 2 is 1.05 bits per heavy atom. The van der Waals surface area contributed by atoms with Crippen molar-refractivity contribution in [2.45, 2.75) is 150 Å². The van der Waals surface area contributed by atoms with E-state index in [2.05, 4.69) is 47.5 Å². The lowest BCUT2D eigenvalue weighted by Gasteiger charge is -2.31. The Labute approximate surface area is 342 Å². The van der Waals surface area contributed by atoms with Crippen molar-refractivity contribution in [1.82, 2.24) is 42.5 Å². The first-order chi connectivity index (χ1) is 27.1. The van der Waals surface area contributed by atoms with Crippen molar-refractivity contribution in [3.63, 3.8) is 0 Å². The van der Waals surface area contributed by atoms with Crippen molar-refractivity contribution in [2.24, 2.45) is 34.2 Å². The molecule has 0 saturated carbocycles. The van der Waals surface area contributed by atoms with Gasteiger partial charge >= 0.3 is 0 Å². The first-order valence-electron chi connectivity index (χ1n) is 20.2. The second-order valence-electron chi connectivity index (χ2n) is 14.9. The van der Waals surface area contributed by atoms with E-state index in [-0.39, 0.29) is 37.8 Å². The number of guanidine groups is 1. The van der Waals surface area contributed by atoms with E-state index in [1.807, 2.05) is 13.8 Å². The number of nitrogens with two attached hydrogens (primary N) is 2. The van der Waals surface area contributed by atoms with Gasteiger partial charge in [0.05, 0.1) is 12.6 Å². The van der Waals surface area contributed by atoms with Gasteiger partial charge in [-0.1, -0.05) is 67.7 Å². The molecule has 20 nitrogen and oxygen atoms in total. The second-order valence-corrected chi connectivity index (χ2v) is 14.9. The van der Waals surface area contributed by atoms with Gasteiger partial charge in [-0.2, -0.15) is 0 Å². The Kier molecular flexibility index (Phi) is 25.2. The smallest absolute Gasteiger partial charge is 0.245 e. The SMILES string of the molecule is CCC[C@H](NC(=O)[C@@H](NC(=O)[C@H](CCCN=C(N)N)NC(=O)[C@@H](NC(=O)[C@H](NC(=O)[C@@H](NC(=O)CNC(C)=O)C(C)C)[C@H](C)CC)[C@@H](C)O)[C@@H](C)CC)C(=O)NCC. The number of carbonyl (C=O) groups is 8. The third-order valence-electron chi connectivity index (χ3n) is 9.55. The lowest BCUT2D eigenvalue weighted by Crippen LogP contribution is -2.63. The van der Waals surface area contributed by atoms with E-state index in [1.54, 1.807) is 41.5 Å². The summed E-state index contributed by atoms with van der Waals surface area (Å²) >= 11 is 0. The highest BCUT2D eigenvalue weighted by atomic mass is 16.3. The van der Waals surface area contributed by atoms with Crippen LogP contribution in [0.15, 0.2) is 4.99 Å². The van der Waals surface area contributed by atoms with Crippen LogP contribution in [0.1, 0.15) is 108 Å². The normalized spacial score (nSPS) is 15.7. The number of aliphatic imine (C=N–C) groups is 1. The highest BCUT2D eigenvalue weighted by molar-refractivity contribution is 5.97. The van der Waals surface area contributed by atoms with Gasteiger partial charge in [-0.3, -0.25) is 43.3 Å². The monoisotopic (exact) mass is 826 g/mol. The van der Waals surface area contributed by atoms with E-state index in [0.29, 0.717) is 32.2 Å². The van der Waals surface area contributed by atoms with Crippen LogP contribution in [0.2, 0.25) is 0 Å². The van der Waals surface area contributed by atoms with E-state index >= 15 is 0 Å². The molecular formula is C38H71N11O9. The molecule has 58 heavy (non-hydrogen) atoms. The number of likely N-dealkylation sites (N-methyl/N-ethyl adjacent to an activating group) is 1. The molecule has 9 atom stereocenters. The van der Waals surface area contributed by atoms with E-state index in [4.69, 9.17) is 11.5 Å². The Morgan fingerprint density at radius 3 is 1.50 bits per heavy atom. The molecule has 332 valence electrons. The number of hydrogen-bond donors (Lipinski definition) is 11. The molecule has 0 saturated heterocycles. The predicted molar refractivity (Wildman–Crippen MR) is 219 cm³/mol. The molecule has 0 rings (SSSR count). The fourth-order valence-corrected chi connectivity index (χ4v) is 5.66. The zero-order valence-electron chi connectivity index (χ0n) is 36.0. The van der Waals surface area contributed by atoms with Crippen molar-refractivity contribution < 1.29 is 43.5 Å². The quantitative estimate of drug-likeness (QED) is 0.0248. The van der Waals surface area contributed by atoms with Crippen molar-refractivity contribution in [3.8, 4) is 0 Å². The van der Waals surface area contributed by atoms with Gasteiger partial charge in [0.2, 0.25) is 47.3 Å². The lowest BCUT2D eigenvalue weighted by molar-refractivity contribution is -0.138. The van der Waals surface area contributed by atoms with E-state index < -0.39 is 101 Å². The average Bonchev–Trinajstić information content (AvgIpc) is 3.15. The third-order valence-corrected chi connectivity index (χ3v) is 9.55. The standard InChI is InChI=1S/C38H71N11O9/c1-11-16-25(32(53)41-14-4)44-35(56)29(21(7)12-2)47-33(54)26(17-15-18-42-38(39)40)45-37(58)31(23(9)50)49-36(57)30(22(8)13-3)48-34(55)28(20(5)6)46-27(52)19-43-24(10)51/h20-23,25-26,28-31,50H,11-19H2,1-10H3,(H,41,53)(H,43,51)(H,44,56)(H,45,58)(H,46,52)(H,47,54)(H,48,55)(H,49,57)(H4,39,40,42)/t21-,22+,23+,25-,26-,28-,29-,30+,31-/m0/s1. The van der Waals surface area contributed by atoms with Gasteiger partial charge in [0, 0.05) is 20.0 Å². The van der Waals surface area contributed by atoms with Gasteiger partial charge in [0.25, 0.3) is 0 Å². The largest absolute Gasteiger partial charge is 0.391 e. The highest BCUT2D eigenvalue weighted by Crippen LogP contribution is 2.13. The molecule has 0 heterocycles. The van der Waals surface area contributed by atoms with Gasteiger partial charge in [-0.25, -0.2) is 0 Å². The first-order valence-corrected chi connectivity index (χ1v) is 20.2. The molecule has 0 radical (unpaired) electrons. The molecule has 0 aliphatic carbocycles. The summed E-state index contributed by atoms with van der Waals surface area (Å²) in [6, 6.07) is -7.14. The van der Waals surface area contributed by atoms with E-state index in [0.717, 1.165) is 0 Å². The number of carbonyl (C=O) groups excluding carboxylic acids is 8. The number of nitrogens with one attached hydrogen (secondary N) is 8. The van der Waals surface area contributed by atoms with Crippen LogP contribution in [0.5, 0.6) is 0 Å². The molecule has 0 unspecified atom stereocenters. The topological polar surface area (TPSA) is 317 Å². The van der Waals surface area contributed by atoms with Crippen LogP contribution in [0.25, 0.3) is 0 Å². The number of aliphatic hydroxyl groups is 1. The van der Waals surface area contributed by atoms with Crippen molar-refractivity contribution in [1.29, 1.82) is 0 Å². The van der Waals surface area contributed by atoms with Crippen LogP contribution in [-0.4, -0.2) is 120 Å². The molecule has 20 heteroatoms. The lowest BCUT2D eigenvalue weighted by atomic mass is 9.95. The minimum Gasteiger partial charge on any atom is -0.391 e. The summed E-state index contributed by atoms with van der Waals surface area (Å²) in [5, 5.41) is 31.6. The summed E-state index contributed by atoms with van der Waals surface area (Å²) < 4.78 is 0.